The minimum Gasteiger partial charge on any atom is -0.354 e. The van der Waals surface area contributed by atoms with Gasteiger partial charge in [0.25, 0.3) is 0 Å². The molecule has 1 heterocycles. The molecule has 0 amide bonds. The highest BCUT2D eigenvalue weighted by Crippen LogP contribution is 2.24. The van der Waals surface area contributed by atoms with Crippen LogP contribution in [0.25, 0.3) is 0 Å². The third kappa shape index (κ3) is 3.21. The molecule has 0 bridgehead atoms. The maximum absolute atomic E-state index is 10.7. The van der Waals surface area contributed by atoms with Gasteiger partial charge in [-0.3, -0.25) is 9.71 Å². The van der Waals surface area contributed by atoms with Crippen LogP contribution in [-0.2, 0) is 10.9 Å². The fraction of sp³-hybridized carbons (Fsp3) is 0.0833. The lowest BCUT2D eigenvalue weighted by Gasteiger charge is -2.10. The van der Waals surface area contributed by atoms with Gasteiger partial charge in [0.15, 0.2) is 0 Å². The molecule has 0 fully saturated rings. The topological polar surface area (TPSA) is 71.1 Å². The SMILES string of the molecule is Cc1cccc(Nc2ccncc2N[SH](=O)=O)c1. The summed E-state index contributed by atoms with van der Waals surface area (Å²) in [6, 6.07) is 9.52. The van der Waals surface area contributed by atoms with Crippen molar-refractivity contribution in [3.8, 4) is 0 Å². The lowest BCUT2D eigenvalue weighted by molar-refractivity contribution is 0.619. The summed E-state index contributed by atoms with van der Waals surface area (Å²) in [5.41, 5.74) is 3.11. The lowest BCUT2D eigenvalue weighted by Crippen LogP contribution is -2.00. The molecule has 5 nitrogen and oxygen atoms in total. The summed E-state index contributed by atoms with van der Waals surface area (Å²) >= 11 is 0. The predicted octanol–water partition coefficient (Wildman–Crippen LogP) is 2.07. The molecule has 0 saturated heterocycles. The second-order valence-corrected chi connectivity index (χ2v) is 4.52. The molecule has 0 saturated carbocycles. The van der Waals surface area contributed by atoms with Crippen molar-refractivity contribution in [3.05, 3.63) is 48.3 Å². The Morgan fingerprint density at radius 2 is 2.00 bits per heavy atom. The minimum absolute atomic E-state index is 0.426. The number of nitrogens with one attached hydrogen (secondary N) is 2. The van der Waals surface area contributed by atoms with E-state index in [2.05, 4.69) is 15.0 Å². The number of rotatable bonds is 4. The van der Waals surface area contributed by atoms with E-state index >= 15 is 0 Å². The summed E-state index contributed by atoms with van der Waals surface area (Å²) in [7, 11) is -2.70. The van der Waals surface area contributed by atoms with Crippen LogP contribution in [0, 0.1) is 6.92 Å². The minimum atomic E-state index is -2.70. The number of anilines is 3. The molecule has 1 aromatic carbocycles. The smallest absolute Gasteiger partial charge is 0.222 e. The molecule has 0 aliphatic heterocycles. The van der Waals surface area contributed by atoms with Crippen molar-refractivity contribution < 1.29 is 8.42 Å². The van der Waals surface area contributed by atoms with Crippen LogP contribution in [0.5, 0.6) is 0 Å². The Bertz CT molecular complexity index is 618. The van der Waals surface area contributed by atoms with E-state index in [1.54, 1.807) is 12.3 Å². The van der Waals surface area contributed by atoms with Crippen LogP contribution in [0.2, 0.25) is 0 Å². The van der Waals surface area contributed by atoms with Crippen molar-refractivity contribution in [2.24, 2.45) is 0 Å². The van der Waals surface area contributed by atoms with Gasteiger partial charge in [0.1, 0.15) is 0 Å². The monoisotopic (exact) mass is 263 g/mol. The van der Waals surface area contributed by atoms with Gasteiger partial charge >= 0.3 is 0 Å². The number of benzene rings is 1. The predicted molar refractivity (Wildman–Crippen MR) is 72.6 cm³/mol. The van der Waals surface area contributed by atoms with Crippen LogP contribution >= 0.6 is 0 Å². The standard InChI is InChI=1S/C12H13N3O2S/c1-9-3-2-4-10(7-9)14-11-5-6-13-8-12(11)15-18(16)17/h2-8,18H,1H3,(H,13,14)(H,15,16,17). The van der Waals surface area contributed by atoms with Crippen molar-refractivity contribution in [1.82, 2.24) is 4.98 Å². The van der Waals surface area contributed by atoms with E-state index in [-0.39, 0.29) is 0 Å². The number of aryl methyl sites for hydroxylation is 1. The van der Waals surface area contributed by atoms with Crippen LogP contribution in [0.15, 0.2) is 42.7 Å². The van der Waals surface area contributed by atoms with Crippen molar-refractivity contribution in [1.29, 1.82) is 0 Å². The number of thiol groups is 1. The third-order valence-corrected chi connectivity index (χ3v) is 2.75. The summed E-state index contributed by atoms with van der Waals surface area (Å²) in [6.45, 7) is 1.99. The molecule has 2 rings (SSSR count). The Morgan fingerprint density at radius 1 is 1.17 bits per heavy atom. The normalized spacial score (nSPS) is 10.3. The Hall–Kier alpha value is -2.08. The zero-order valence-corrected chi connectivity index (χ0v) is 10.6. The molecule has 1 aromatic heterocycles. The summed E-state index contributed by atoms with van der Waals surface area (Å²) in [5, 5.41) is 3.15. The van der Waals surface area contributed by atoms with Gasteiger partial charge in [0.05, 0.1) is 17.6 Å². The summed E-state index contributed by atoms with van der Waals surface area (Å²) in [6.07, 6.45) is 3.06. The Labute approximate surface area is 107 Å². The largest absolute Gasteiger partial charge is 0.354 e. The number of pyridine rings is 1. The molecule has 18 heavy (non-hydrogen) atoms. The lowest BCUT2D eigenvalue weighted by atomic mass is 10.2. The molecular formula is C12H13N3O2S. The van der Waals surface area contributed by atoms with Crippen LogP contribution in [0.3, 0.4) is 0 Å². The first-order valence-corrected chi connectivity index (χ1v) is 6.51. The Morgan fingerprint density at radius 3 is 2.72 bits per heavy atom. The molecule has 2 N–H and O–H groups in total. The van der Waals surface area contributed by atoms with E-state index in [4.69, 9.17) is 0 Å². The molecule has 94 valence electrons. The van der Waals surface area contributed by atoms with Crippen molar-refractivity contribution in [3.63, 3.8) is 0 Å². The number of hydrogen-bond donors (Lipinski definition) is 3. The fourth-order valence-electron chi connectivity index (χ4n) is 1.57. The maximum Gasteiger partial charge on any atom is 0.222 e. The van der Waals surface area contributed by atoms with Crippen LogP contribution in [-0.4, -0.2) is 13.4 Å². The molecule has 2 aromatic rings. The summed E-state index contributed by atoms with van der Waals surface area (Å²) in [5.74, 6) is 0. The first kappa shape index (κ1) is 12.4. The van der Waals surface area contributed by atoms with Gasteiger partial charge < -0.3 is 5.32 Å². The Balaban J connectivity index is 2.28. The molecule has 0 atom stereocenters. The van der Waals surface area contributed by atoms with Gasteiger partial charge in [-0.05, 0) is 30.7 Å². The van der Waals surface area contributed by atoms with Crippen molar-refractivity contribution in [2.45, 2.75) is 6.92 Å². The molecule has 0 aliphatic rings. The molecular weight excluding hydrogens is 250 g/mol. The van der Waals surface area contributed by atoms with Crippen molar-refractivity contribution >= 4 is 28.0 Å². The zero-order valence-electron chi connectivity index (χ0n) is 9.75. The average molecular weight is 263 g/mol. The highest BCUT2D eigenvalue weighted by atomic mass is 32.2. The zero-order chi connectivity index (χ0) is 13.0. The number of nitrogens with zero attached hydrogens (tertiary/aromatic N) is 1. The number of hydrogen-bond acceptors (Lipinski definition) is 4. The fourth-order valence-corrected chi connectivity index (χ4v) is 1.94. The highest BCUT2D eigenvalue weighted by molar-refractivity contribution is 7.73. The van der Waals surface area contributed by atoms with Gasteiger partial charge in [0, 0.05) is 11.9 Å². The highest BCUT2D eigenvalue weighted by Gasteiger charge is 2.02. The average Bonchev–Trinajstić information content (AvgIpc) is 2.31. The second kappa shape index (κ2) is 5.50. The quantitative estimate of drug-likeness (QED) is 0.738. The van der Waals surface area contributed by atoms with E-state index in [9.17, 15) is 8.42 Å². The van der Waals surface area contributed by atoms with Gasteiger partial charge in [-0.2, -0.15) is 0 Å². The molecule has 0 unspecified atom stereocenters. The van der Waals surface area contributed by atoms with Crippen LogP contribution in [0.4, 0.5) is 17.1 Å². The van der Waals surface area contributed by atoms with Gasteiger partial charge in [-0.15, -0.1) is 0 Å². The second-order valence-electron chi connectivity index (χ2n) is 3.78. The first-order chi connectivity index (χ1) is 8.65. The molecule has 0 spiro atoms. The van der Waals surface area contributed by atoms with Gasteiger partial charge in [-0.25, -0.2) is 8.42 Å². The number of aromatic nitrogens is 1. The first-order valence-electron chi connectivity index (χ1n) is 5.34. The molecule has 6 heteroatoms. The Kier molecular flexibility index (Phi) is 3.78. The van der Waals surface area contributed by atoms with Crippen molar-refractivity contribution in [2.75, 3.05) is 10.0 Å². The molecule has 0 aliphatic carbocycles. The summed E-state index contributed by atoms with van der Waals surface area (Å²) in [4.78, 5) is 3.89. The van der Waals surface area contributed by atoms with E-state index in [0.29, 0.717) is 11.4 Å². The van der Waals surface area contributed by atoms with Crippen LogP contribution < -0.4 is 10.0 Å². The van der Waals surface area contributed by atoms with E-state index < -0.39 is 10.9 Å². The molecule has 0 radical (unpaired) electrons. The maximum atomic E-state index is 10.7. The summed E-state index contributed by atoms with van der Waals surface area (Å²) < 4.78 is 23.7. The van der Waals surface area contributed by atoms with Gasteiger partial charge in [-0.1, -0.05) is 12.1 Å². The van der Waals surface area contributed by atoms with E-state index in [1.165, 1.54) is 6.20 Å². The van der Waals surface area contributed by atoms with E-state index in [0.717, 1.165) is 11.3 Å². The van der Waals surface area contributed by atoms with Crippen LogP contribution in [0.1, 0.15) is 5.56 Å². The third-order valence-electron chi connectivity index (χ3n) is 2.33. The van der Waals surface area contributed by atoms with Gasteiger partial charge in [0.2, 0.25) is 10.9 Å². The van der Waals surface area contributed by atoms with E-state index in [1.807, 2.05) is 31.2 Å².